The minimum absolute atomic E-state index is 0. The van der Waals surface area contributed by atoms with Crippen molar-refractivity contribution in [1.29, 1.82) is 0 Å². The number of halogens is 1. The van der Waals surface area contributed by atoms with Crippen molar-refractivity contribution < 1.29 is 0 Å². The van der Waals surface area contributed by atoms with Crippen molar-refractivity contribution in [2.45, 2.75) is 32.6 Å². The van der Waals surface area contributed by atoms with E-state index < -0.39 is 0 Å². The smallest absolute Gasteiger partial charge is 0.193 e. The molecule has 0 aromatic heterocycles. The molecule has 1 N–H and O–H groups in total. The van der Waals surface area contributed by atoms with Gasteiger partial charge in [0, 0.05) is 26.7 Å². The van der Waals surface area contributed by atoms with E-state index in [1.807, 2.05) is 7.05 Å². The number of guanidine groups is 1. The fourth-order valence-electron chi connectivity index (χ4n) is 3.10. The molecule has 0 spiro atoms. The van der Waals surface area contributed by atoms with Crippen LogP contribution in [0.25, 0.3) is 0 Å². The van der Waals surface area contributed by atoms with Gasteiger partial charge in [-0.2, -0.15) is 0 Å². The van der Waals surface area contributed by atoms with Gasteiger partial charge < -0.3 is 10.2 Å². The molecule has 0 saturated carbocycles. The van der Waals surface area contributed by atoms with Gasteiger partial charge in [-0.1, -0.05) is 44.2 Å². The van der Waals surface area contributed by atoms with Crippen LogP contribution < -0.4 is 5.32 Å². The predicted molar refractivity (Wildman–Crippen MR) is 102 cm³/mol. The topological polar surface area (TPSA) is 27.6 Å². The first-order chi connectivity index (χ1) is 9.76. The zero-order valence-corrected chi connectivity index (χ0v) is 15.7. The summed E-state index contributed by atoms with van der Waals surface area (Å²) < 4.78 is 0. The minimum Gasteiger partial charge on any atom is -0.356 e. The van der Waals surface area contributed by atoms with Gasteiger partial charge in [0.25, 0.3) is 0 Å². The molecule has 1 aromatic carbocycles. The molecule has 0 radical (unpaired) electrons. The lowest BCUT2D eigenvalue weighted by molar-refractivity contribution is 0.234. The maximum Gasteiger partial charge on any atom is 0.193 e. The number of aliphatic imine (C=N–C) groups is 1. The van der Waals surface area contributed by atoms with Gasteiger partial charge in [-0.05, 0) is 30.2 Å². The Kier molecular flexibility index (Phi) is 8.07. The second-order valence-electron chi connectivity index (χ2n) is 5.70. The van der Waals surface area contributed by atoms with E-state index in [4.69, 9.17) is 0 Å². The molecule has 118 valence electrons. The maximum atomic E-state index is 4.41. The summed E-state index contributed by atoms with van der Waals surface area (Å²) in [6.07, 6.45) is 2.34. The molecule has 1 aliphatic heterocycles. The number of hydrogen-bond donors (Lipinski definition) is 1. The van der Waals surface area contributed by atoms with Crippen LogP contribution in [0.5, 0.6) is 0 Å². The number of nitrogens with zero attached hydrogens (tertiary/aromatic N) is 2. The third-order valence-electron chi connectivity index (χ3n) is 4.18. The second kappa shape index (κ2) is 9.28. The first-order valence-corrected chi connectivity index (χ1v) is 7.76. The van der Waals surface area contributed by atoms with Crippen LogP contribution in [0.1, 0.15) is 38.2 Å². The van der Waals surface area contributed by atoms with E-state index in [-0.39, 0.29) is 24.0 Å². The number of piperidine rings is 1. The van der Waals surface area contributed by atoms with Gasteiger partial charge in [-0.3, -0.25) is 4.99 Å². The van der Waals surface area contributed by atoms with Gasteiger partial charge in [0.1, 0.15) is 0 Å². The van der Waals surface area contributed by atoms with Crippen LogP contribution in [0.3, 0.4) is 0 Å². The molecule has 2 rings (SSSR count). The molecular weight excluding hydrogens is 373 g/mol. The monoisotopic (exact) mass is 401 g/mol. The predicted octanol–water partition coefficient (Wildman–Crippen LogP) is 3.72. The average Bonchev–Trinajstić information content (AvgIpc) is 2.49. The molecule has 1 saturated heterocycles. The van der Waals surface area contributed by atoms with Crippen LogP contribution >= 0.6 is 24.0 Å². The number of benzene rings is 1. The molecule has 21 heavy (non-hydrogen) atoms. The number of hydrogen-bond acceptors (Lipinski definition) is 1. The summed E-state index contributed by atoms with van der Waals surface area (Å²) in [5, 5.41) is 3.44. The summed E-state index contributed by atoms with van der Waals surface area (Å²) in [7, 11) is 1.88. The minimum atomic E-state index is 0. The van der Waals surface area contributed by atoms with Gasteiger partial charge in [-0.15, -0.1) is 24.0 Å². The first-order valence-electron chi connectivity index (χ1n) is 7.76. The van der Waals surface area contributed by atoms with Crippen molar-refractivity contribution in [2.24, 2.45) is 10.9 Å². The van der Waals surface area contributed by atoms with E-state index >= 15 is 0 Å². The van der Waals surface area contributed by atoms with E-state index in [1.165, 1.54) is 12.0 Å². The van der Waals surface area contributed by atoms with E-state index in [9.17, 15) is 0 Å². The molecule has 1 fully saturated rings. The van der Waals surface area contributed by atoms with Crippen molar-refractivity contribution in [3.63, 3.8) is 0 Å². The summed E-state index contributed by atoms with van der Waals surface area (Å²) in [5.74, 6) is 2.40. The Bertz CT molecular complexity index is 433. The van der Waals surface area contributed by atoms with Gasteiger partial charge in [0.05, 0.1) is 0 Å². The average molecular weight is 401 g/mol. The van der Waals surface area contributed by atoms with Crippen LogP contribution in [0.4, 0.5) is 0 Å². The van der Waals surface area contributed by atoms with E-state index in [2.05, 4.69) is 59.4 Å². The molecule has 0 amide bonds. The second-order valence-corrected chi connectivity index (χ2v) is 5.70. The molecule has 1 aromatic rings. The lowest BCUT2D eigenvalue weighted by Gasteiger charge is -2.38. The van der Waals surface area contributed by atoms with E-state index in [0.717, 1.165) is 32.0 Å². The Labute approximate surface area is 146 Å². The Hall–Kier alpha value is -0.780. The highest BCUT2D eigenvalue weighted by molar-refractivity contribution is 14.0. The summed E-state index contributed by atoms with van der Waals surface area (Å²) in [5.41, 5.74) is 1.48. The van der Waals surface area contributed by atoms with Gasteiger partial charge >= 0.3 is 0 Å². The summed E-state index contributed by atoms with van der Waals surface area (Å²) in [4.78, 5) is 6.82. The van der Waals surface area contributed by atoms with Crippen LogP contribution in [0.15, 0.2) is 35.3 Å². The van der Waals surface area contributed by atoms with Crippen LogP contribution in [-0.4, -0.2) is 37.5 Å². The molecule has 4 heteroatoms. The fourth-order valence-corrected chi connectivity index (χ4v) is 3.10. The molecular formula is C17H28IN3. The van der Waals surface area contributed by atoms with Gasteiger partial charge in [0.2, 0.25) is 0 Å². The van der Waals surface area contributed by atoms with Gasteiger partial charge in [0.15, 0.2) is 5.96 Å². The highest BCUT2D eigenvalue weighted by Gasteiger charge is 2.28. The lowest BCUT2D eigenvalue weighted by Crippen LogP contribution is -2.48. The van der Waals surface area contributed by atoms with Crippen molar-refractivity contribution in [3.05, 3.63) is 35.9 Å². The number of rotatable bonds is 3. The van der Waals surface area contributed by atoms with E-state index in [0.29, 0.717) is 11.8 Å². The molecule has 0 bridgehead atoms. The maximum absolute atomic E-state index is 4.41. The zero-order valence-electron chi connectivity index (χ0n) is 13.4. The fraction of sp³-hybridized carbons (Fsp3) is 0.588. The SMILES string of the molecule is CCCNC(=NC)N1CCC(c2ccccc2)C(C)C1.I. The Morgan fingerprint density at radius 2 is 2.05 bits per heavy atom. The Morgan fingerprint density at radius 1 is 1.33 bits per heavy atom. The van der Waals surface area contributed by atoms with Crippen molar-refractivity contribution in [1.82, 2.24) is 10.2 Å². The molecule has 1 aliphatic rings. The molecule has 2 atom stereocenters. The Morgan fingerprint density at radius 3 is 2.62 bits per heavy atom. The lowest BCUT2D eigenvalue weighted by atomic mass is 9.82. The van der Waals surface area contributed by atoms with Crippen molar-refractivity contribution in [3.8, 4) is 0 Å². The Balaban J connectivity index is 0.00000220. The first kappa shape index (κ1) is 18.3. The molecule has 0 aliphatic carbocycles. The standard InChI is InChI=1S/C17H27N3.HI/c1-4-11-19-17(18-3)20-12-10-16(14(2)13-20)15-8-6-5-7-9-15;/h5-9,14,16H,4,10-13H2,1-3H3,(H,18,19);1H. The summed E-state index contributed by atoms with van der Waals surface area (Å²) in [6.45, 7) is 7.72. The third-order valence-corrected chi connectivity index (χ3v) is 4.18. The van der Waals surface area contributed by atoms with Crippen molar-refractivity contribution >= 4 is 29.9 Å². The number of nitrogens with one attached hydrogen (secondary N) is 1. The summed E-state index contributed by atoms with van der Waals surface area (Å²) >= 11 is 0. The van der Waals surface area contributed by atoms with Crippen LogP contribution in [-0.2, 0) is 0 Å². The normalized spacial score (nSPS) is 22.6. The zero-order chi connectivity index (χ0) is 14.4. The highest BCUT2D eigenvalue weighted by atomic mass is 127. The quantitative estimate of drug-likeness (QED) is 0.475. The van der Waals surface area contributed by atoms with Crippen molar-refractivity contribution in [2.75, 3.05) is 26.7 Å². The third kappa shape index (κ3) is 4.87. The van der Waals surface area contributed by atoms with Gasteiger partial charge in [-0.25, -0.2) is 0 Å². The summed E-state index contributed by atoms with van der Waals surface area (Å²) in [6, 6.07) is 10.9. The van der Waals surface area contributed by atoms with Crippen LogP contribution in [0, 0.1) is 5.92 Å². The number of likely N-dealkylation sites (tertiary alicyclic amines) is 1. The van der Waals surface area contributed by atoms with E-state index in [1.54, 1.807) is 0 Å². The molecule has 2 unspecified atom stereocenters. The van der Waals surface area contributed by atoms with Crippen LogP contribution in [0.2, 0.25) is 0 Å². The molecule has 1 heterocycles. The highest BCUT2D eigenvalue weighted by Crippen LogP contribution is 2.32. The molecule has 3 nitrogen and oxygen atoms in total. The largest absolute Gasteiger partial charge is 0.356 e.